The van der Waals surface area contributed by atoms with E-state index in [-0.39, 0.29) is 5.41 Å². The molecule has 1 rings (SSSR count). The van der Waals surface area contributed by atoms with Crippen LogP contribution in [0.2, 0.25) is 0 Å². The second-order valence-electron chi connectivity index (χ2n) is 6.90. The maximum Gasteiger partial charge on any atom is 0.240 e. The van der Waals surface area contributed by atoms with Crippen molar-refractivity contribution in [2.24, 2.45) is 10.4 Å². The van der Waals surface area contributed by atoms with Crippen LogP contribution in [0.25, 0.3) is 0 Å². The summed E-state index contributed by atoms with van der Waals surface area (Å²) in [5.41, 5.74) is 3.03. The molecular weight excluding hydrogens is 272 g/mol. The summed E-state index contributed by atoms with van der Waals surface area (Å²) in [6, 6.07) is 0. The Kier molecular flexibility index (Phi) is 9.26. The third kappa shape index (κ3) is 6.85. The van der Waals surface area contributed by atoms with E-state index in [9.17, 15) is 0 Å². The van der Waals surface area contributed by atoms with E-state index in [0.717, 1.165) is 12.3 Å². The third-order valence-electron chi connectivity index (χ3n) is 4.94. The van der Waals surface area contributed by atoms with Crippen molar-refractivity contribution in [3.8, 4) is 0 Å². The van der Waals surface area contributed by atoms with Crippen molar-refractivity contribution in [1.29, 1.82) is 0 Å². The fourth-order valence-corrected chi connectivity index (χ4v) is 3.00. The lowest BCUT2D eigenvalue weighted by atomic mass is 9.81. The molecule has 128 valence electrons. The van der Waals surface area contributed by atoms with Crippen molar-refractivity contribution in [2.75, 3.05) is 0 Å². The molecule has 0 spiro atoms. The van der Waals surface area contributed by atoms with Gasteiger partial charge in [0.05, 0.1) is 0 Å². The van der Waals surface area contributed by atoms with Gasteiger partial charge in [0.25, 0.3) is 0 Å². The lowest BCUT2D eigenvalue weighted by Gasteiger charge is -2.27. The lowest BCUT2D eigenvalue weighted by molar-refractivity contribution is 0.169. The summed E-state index contributed by atoms with van der Waals surface area (Å²) in [5.74, 6) is 1.44. The number of rotatable bonds is 13. The second kappa shape index (κ2) is 10.7. The van der Waals surface area contributed by atoms with Gasteiger partial charge in [0.15, 0.2) is 0 Å². The Morgan fingerprint density at radius 3 is 1.95 bits per heavy atom. The van der Waals surface area contributed by atoms with Gasteiger partial charge in [-0.25, -0.2) is 5.48 Å². The molecule has 0 saturated heterocycles. The summed E-state index contributed by atoms with van der Waals surface area (Å²) >= 11 is 0. The fourth-order valence-electron chi connectivity index (χ4n) is 3.00. The van der Waals surface area contributed by atoms with Crippen LogP contribution in [-0.2, 0) is 4.84 Å². The molecule has 0 bridgehead atoms. The molecule has 1 aliphatic heterocycles. The highest BCUT2D eigenvalue weighted by Gasteiger charge is 2.31. The summed E-state index contributed by atoms with van der Waals surface area (Å²) in [5, 5.41) is 0. The fraction of sp³-hybridized carbons (Fsp3) is 0.842. The van der Waals surface area contributed by atoms with E-state index in [1.165, 1.54) is 70.6 Å². The van der Waals surface area contributed by atoms with E-state index < -0.39 is 0 Å². The monoisotopic (exact) mass is 308 g/mol. The molecule has 22 heavy (non-hydrogen) atoms. The number of nitrogens with zero attached hydrogens (tertiary/aromatic N) is 1. The largest absolute Gasteiger partial charge is 0.361 e. The summed E-state index contributed by atoms with van der Waals surface area (Å²) in [6.45, 7) is 10.5. The highest BCUT2D eigenvalue weighted by molar-refractivity contribution is 5.88. The van der Waals surface area contributed by atoms with E-state index in [1.54, 1.807) is 0 Å². The molecule has 1 heterocycles. The molecule has 0 aromatic heterocycles. The number of unbranched alkanes of at least 4 members (excludes halogenated alkanes) is 9. The maximum absolute atomic E-state index is 5.16. The van der Waals surface area contributed by atoms with Crippen molar-refractivity contribution < 1.29 is 4.84 Å². The van der Waals surface area contributed by atoms with Gasteiger partial charge in [-0.1, -0.05) is 85.0 Å². The van der Waals surface area contributed by atoms with Crippen LogP contribution in [0.4, 0.5) is 0 Å². The zero-order valence-electron chi connectivity index (χ0n) is 15.0. The molecule has 3 nitrogen and oxygen atoms in total. The Morgan fingerprint density at radius 1 is 0.955 bits per heavy atom. The highest BCUT2D eigenvalue weighted by atomic mass is 16.7. The predicted molar refractivity (Wildman–Crippen MR) is 95.7 cm³/mol. The lowest BCUT2D eigenvalue weighted by Crippen LogP contribution is -2.35. The van der Waals surface area contributed by atoms with Crippen LogP contribution in [-0.4, -0.2) is 5.84 Å². The van der Waals surface area contributed by atoms with Gasteiger partial charge >= 0.3 is 0 Å². The highest BCUT2D eigenvalue weighted by Crippen LogP contribution is 2.32. The average molecular weight is 309 g/mol. The minimum absolute atomic E-state index is 0.0968. The van der Waals surface area contributed by atoms with Crippen LogP contribution in [0.5, 0.6) is 0 Å². The number of hydroxylamine groups is 1. The van der Waals surface area contributed by atoms with E-state index in [1.807, 2.05) is 0 Å². The molecule has 1 atom stereocenters. The quantitative estimate of drug-likeness (QED) is 0.416. The predicted octanol–water partition coefficient (Wildman–Crippen LogP) is 6.12. The van der Waals surface area contributed by atoms with Gasteiger partial charge in [0.1, 0.15) is 5.84 Å². The van der Waals surface area contributed by atoms with Crippen LogP contribution in [0.3, 0.4) is 0 Å². The van der Waals surface area contributed by atoms with Crippen LogP contribution >= 0.6 is 0 Å². The van der Waals surface area contributed by atoms with Gasteiger partial charge in [-0.15, -0.1) is 0 Å². The van der Waals surface area contributed by atoms with Gasteiger partial charge in [-0.3, -0.25) is 0 Å². The first kappa shape index (κ1) is 19.1. The summed E-state index contributed by atoms with van der Waals surface area (Å²) < 4.78 is 0. The van der Waals surface area contributed by atoms with Crippen LogP contribution in [0, 0.1) is 5.41 Å². The van der Waals surface area contributed by atoms with Crippen LogP contribution < -0.4 is 5.48 Å². The van der Waals surface area contributed by atoms with E-state index in [4.69, 9.17) is 4.84 Å². The average Bonchev–Trinajstić information content (AvgIpc) is 2.96. The van der Waals surface area contributed by atoms with Gasteiger partial charge in [-0.2, -0.15) is 4.99 Å². The van der Waals surface area contributed by atoms with Crippen molar-refractivity contribution in [1.82, 2.24) is 5.48 Å². The normalized spacial score (nSPS) is 16.9. The standard InChI is InChI=1S/C19H36N2O/c1-5-7-8-9-10-11-12-13-14-15-16-19(4,6-2)18-20-17(3)22-21-18/h3,5-16H2,1-2,4H3,(H,20,21). The van der Waals surface area contributed by atoms with E-state index in [2.05, 4.69) is 37.8 Å². The van der Waals surface area contributed by atoms with Crippen LogP contribution in [0.15, 0.2) is 17.5 Å². The molecule has 1 aliphatic rings. The molecule has 0 saturated carbocycles. The topological polar surface area (TPSA) is 33.6 Å². The molecule has 0 radical (unpaired) electrons. The number of aliphatic imine (C=N–C) groups is 1. The minimum Gasteiger partial charge on any atom is -0.361 e. The number of amidine groups is 1. The van der Waals surface area contributed by atoms with Crippen LogP contribution in [0.1, 0.15) is 97.8 Å². The molecule has 0 fully saturated rings. The van der Waals surface area contributed by atoms with Gasteiger partial charge in [-0.05, 0) is 19.4 Å². The molecule has 0 aliphatic carbocycles. The van der Waals surface area contributed by atoms with Crippen molar-refractivity contribution >= 4 is 5.84 Å². The van der Waals surface area contributed by atoms with Gasteiger partial charge < -0.3 is 4.84 Å². The third-order valence-corrected chi connectivity index (χ3v) is 4.94. The van der Waals surface area contributed by atoms with Gasteiger partial charge in [0.2, 0.25) is 5.88 Å². The Balaban J connectivity index is 2.07. The molecule has 1 unspecified atom stereocenters. The maximum atomic E-state index is 5.16. The smallest absolute Gasteiger partial charge is 0.240 e. The number of nitrogens with one attached hydrogen (secondary N) is 1. The SMILES string of the molecule is C=C1N=C(C(C)(CC)CCCCCCCCCCCC)NO1. The van der Waals surface area contributed by atoms with Gasteiger partial charge in [0, 0.05) is 5.41 Å². The second-order valence-corrected chi connectivity index (χ2v) is 6.90. The van der Waals surface area contributed by atoms with E-state index >= 15 is 0 Å². The van der Waals surface area contributed by atoms with Crippen molar-refractivity contribution in [3.05, 3.63) is 12.5 Å². The summed E-state index contributed by atoms with van der Waals surface area (Å²) in [6.07, 6.45) is 16.1. The Hall–Kier alpha value is -0.990. The zero-order chi connectivity index (χ0) is 16.3. The Morgan fingerprint density at radius 2 is 1.50 bits per heavy atom. The first-order valence-electron chi connectivity index (χ1n) is 9.33. The first-order valence-corrected chi connectivity index (χ1v) is 9.33. The first-order chi connectivity index (χ1) is 10.6. The molecule has 3 heteroatoms. The number of hydrogen-bond donors (Lipinski definition) is 1. The molecule has 0 amide bonds. The Labute approximate surface area is 137 Å². The number of hydrogen-bond acceptors (Lipinski definition) is 3. The zero-order valence-corrected chi connectivity index (χ0v) is 15.0. The Bertz CT molecular complexity index is 351. The molecule has 0 aromatic rings. The van der Waals surface area contributed by atoms with Crippen molar-refractivity contribution in [2.45, 2.75) is 97.8 Å². The van der Waals surface area contributed by atoms with Crippen molar-refractivity contribution in [3.63, 3.8) is 0 Å². The summed E-state index contributed by atoms with van der Waals surface area (Å²) in [7, 11) is 0. The molecule has 1 N–H and O–H groups in total. The van der Waals surface area contributed by atoms with E-state index in [0.29, 0.717) is 5.88 Å². The summed E-state index contributed by atoms with van der Waals surface area (Å²) in [4.78, 5) is 9.55. The molecule has 0 aromatic carbocycles. The molecular formula is C19H36N2O. The minimum atomic E-state index is 0.0968.